The number of thioether (sulfide) groups is 1. The summed E-state index contributed by atoms with van der Waals surface area (Å²) in [4.78, 5) is 17.3. The number of halogens is 1. The number of nitrogens with zero attached hydrogens (tertiary/aromatic N) is 1. The van der Waals surface area contributed by atoms with E-state index < -0.39 is 0 Å². The molecule has 1 amide bonds. The number of hydrogen-bond acceptors (Lipinski definition) is 4. The van der Waals surface area contributed by atoms with Crippen molar-refractivity contribution in [3.8, 4) is 11.3 Å². The highest BCUT2D eigenvalue weighted by atomic mass is 32.2. The van der Waals surface area contributed by atoms with Gasteiger partial charge in [-0.25, -0.2) is 9.37 Å². The number of benzene rings is 2. The molecular weight excluding hydrogens is 343 g/mol. The summed E-state index contributed by atoms with van der Waals surface area (Å²) in [6.07, 6.45) is 0. The van der Waals surface area contributed by atoms with Crippen molar-refractivity contribution in [3.05, 3.63) is 65.3 Å². The van der Waals surface area contributed by atoms with Gasteiger partial charge in [-0.1, -0.05) is 29.8 Å². The van der Waals surface area contributed by atoms with E-state index in [-0.39, 0.29) is 17.5 Å². The van der Waals surface area contributed by atoms with Gasteiger partial charge >= 0.3 is 0 Å². The first kappa shape index (κ1) is 16.7. The fourth-order valence-electron chi connectivity index (χ4n) is 2.02. The second-order valence-electron chi connectivity index (χ2n) is 5.19. The molecular formula is C18H15FN2OS2. The van der Waals surface area contributed by atoms with Gasteiger partial charge in [0.15, 0.2) is 5.13 Å². The van der Waals surface area contributed by atoms with Crippen LogP contribution in [0.3, 0.4) is 0 Å². The summed E-state index contributed by atoms with van der Waals surface area (Å²) in [6, 6.07) is 14.2. The highest BCUT2D eigenvalue weighted by molar-refractivity contribution is 8.00. The molecule has 3 aromatic rings. The maximum absolute atomic E-state index is 12.8. The van der Waals surface area contributed by atoms with Crippen molar-refractivity contribution in [3.63, 3.8) is 0 Å². The van der Waals surface area contributed by atoms with Crippen LogP contribution in [0.25, 0.3) is 11.3 Å². The average Bonchev–Trinajstić information content (AvgIpc) is 3.03. The van der Waals surface area contributed by atoms with Gasteiger partial charge in [0.25, 0.3) is 0 Å². The minimum absolute atomic E-state index is 0.130. The van der Waals surface area contributed by atoms with E-state index in [4.69, 9.17) is 0 Å². The van der Waals surface area contributed by atoms with Crippen molar-refractivity contribution in [2.45, 2.75) is 11.8 Å². The molecule has 0 unspecified atom stereocenters. The van der Waals surface area contributed by atoms with Crippen LogP contribution < -0.4 is 5.32 Å². The number of thiazole rings is 1. The summed E-state index contributed by atoms with van der Waals surface area (Å²) < 4.78 is 12.8. The highest BCUT2D eigenvalue weighted by Crippen LogP contribution is 2.25. The van der Waals surface area contributed by atoms with Gasteiger partial charge in [-0.2, -0.15) is 0 Å². The van der Waals surface area contributed by atoms with E-state index in [2.05, 4.69) is 10.3 Å². The predicted octanol–water partition coefficient (Wildman–Crippen LogP) is 4.99. The molecule has 0 radical (unpaired) electrons. The normalized spacial score (nSPS) is 10.6. The van der Waals surface area contributed by atoms with Gasteiger partial charge in [0, 0.05) is 15.8 Å². The van der Waals surface area contributed by atoms with Gasteiger partial charge < -0.3 is 5.32 Å². The number of carbonyl (C=O) groups is 1. The van der Waals surface area contributed by atoms with Gasteiger partial charge in [-0.15, -0.1) is 23.1 Å². The molecule has 0 aliphatic rings. The SMILES string of the molecule is Cc1ccc(-c2csc(NC(=O)CSc3ccc(F)cc3)n2)cc1. The first-order valence-corrected chi connectivity index (χ1v) is 9.17. The minimum atomic E-state index is -0.282. The van der Waals surface area contributed by atoms with Gasteiger partial charge in [-0.3, -0.25) is 4.79 Å². The molecule has 0 fully saturated rings. The Bertz CT molecular complexity index is 829. The van der Waals surface area contributed by atoms with Crippen molar-refractivity contribution in [2.75, 3.05) is 11.1 Å². The van der Waals surface area contributed by atoms with Gasteiger partial charge in [-0.05, 0) is 31.2 Å². The lowest BCUT2D eigenvalue weighted by molar-refractivity contribution is -0.113. The molecule has 3 nitrogen and oxygen atoms in total. The van der Waals surface area contributed by atoms with Crippen LogP contribution in [0, 0.1) is 12.7 Å². The van der Waals surface area contributed by atoms with Crippen LogP contribution in [0.2, 0.25) is 0 Å². The first-order valence-electron chi connectivity index (χ1n) is 7.31. The van der Waals surface area contributed by atoms with E-state index in [1.54, 1.807) is 12.1 Å². The quantitative estimate of drug-likeness (QED) is 0.654. The maximum Gasteiger partial charge on any atom is 0.236 e. The Hall–Kier alpha value is -2.18. The van der Waals surface area contributed by atoms with E-state index in [0.29, 0.717) is 5.13 Å². The Morgan fingerprint density at radius 2 is 1.88 bits per heavy atom. The van der Waals surface area contributed by atoms with Crippen LogP contribution in [0.15, 0.2) is 58.8 Å². The predicted molar refractivity (Wildman–Crippen MR) is 98.0 cm³/mol. The summed E-state index contributed by atoms with van der Waals surface area (Å²) in [5.41, 5.74) is 3.07. The van der Waals surface area contributed by atoms with Crippen LogP contribution >= 0.6 is 23.1 Å². The third-order valence-electron chi connectivity index (χ3n) is 3.28. The van der Waals surface area contributed by atoms with Gasteiger partial charge in [0.05, 0.1) is 11.4 Å². The molecule has 0 saturated carbocycles. The molecule has 0 bridgehead atoms. The number of carbonyl (C=O) groups excluding carboxylic acids is 1. The molecule has 122 valence electrons. The third-order valence-corrected chi connectivity index (χ3v) is 5.05. The van der Waals surface area contributed by atoms with E-state index in [1.807, 2.05) is 36.6 Å². The number of hydrogen-bond donors (Lipinski definition) is 1. The summed E-state index contributed by atoms with van der Waals surface area (Å²) in [5, 5.41) is 5.30. The Labute approximate surface area is 148 Å². The zero-order chi connectivity index (χ0) is 16.9. The Balaban J connectivity index is 1.57. The molecule has 1 aromatic heterocycles. The lowest BCUT2D eigenvalue weighted by Gasteiger charge is -2.02. The number of anilines is 1. The van der Waals surface area contributed by atoms with E-state index in [0.717, 1.165) is 16.2 Å². The maximum atomic E-state index is 12.8. The average molecular weight is 358 g/mol. The number of aromatic nitrogens is 1. The summed E-state index contributed by atoms with van der Waals surface area (Å²) in [7, 11) is 0. The summed E-state index contributed by atoms with van der Waals surface area (Å²) >= 11 is 2.76. The monoisotopic (exact) mass is 358 g/mol. The second kappa shape index (κ2) is 7.59. The molecule has 0 atom stereocenters. The molecule has 0 saturated heterocycles. The van der Waals surface area contributed by atoms with Crippen LogP contribution in [-0.4, -0.2) is 16.6 Å². The van der Waals surface area contributed by atoms with Crippen molar-refractivity contribution in [2.24, 2.45) is 0 Å². The molecule has 0 aliphatic heterocycles. The standard InChI is InChI=1S/C18H15FN2OS2/c1-12-2-4-13(5-3-12)16-10-24-18(20-16)21-17(22)11-23-15-8-6-14(19)7-9-15/h2-10H,11H2,1H3,(H,20,21,22). The van der Waals surface area contributed by atoms with Gasteiger partial charge in [0.1, 0.15) is 5.82 Å². The molecule has 0 spiro atoms. The molecule has 24 heavy (non-hydrogen) atoms. The number of aryl methyl sites for hydroxylation is 1. The molecule has 1 N–H and O–H groups in total. The summed E-state index contributed by atoms with van der Waals surface area (Å²) in [5.74, 6) is -0.158. The zero-order valence-corrected chi connectivity index (χ0v) is 14.6. The fourth-order valence-corrected chi connectivity index (χ4v) is 3.46. The smallest absolute Gasteiger partial charge is 0.236 e. The molecule has 1 heterocycles. The minimum Gasteiger partial charge on any atom is -0.301 e. The lowest BCUT2D eigenvalue weighted by Crippen LogP contribution is -2.13. The van der Waals surface area contributed by atoms with Gasteiger partial charge in [0.2, 0.25) is 5.91 Å². The van der Waals surface area contributed by atoms with Crippen LogP contribution in [0.5, 0.6) is 0 Å². The zero-order valence-electron chi connectivity index (χ0n) is 13.0. The Morgan fingerprint density at radius 3 is 2.58 bits per heavy atom. The van der Waals surface area contributed by atoms with Crippen molar-refractivity contribution >= 4 is 34.1 Å². The number of nitrogens with one attached hydrogen (secondary N) is 1. The van der Waals surface area contributed by atoms with Crippen LogP contribution in [-0.2, 0) is 4.79 Å². The van der Waals surface area contributed by atoms with Crippen LogP contribution in [0.4, 0.5) is 9.52 Å². The lowest BCUT2D eigenvalue weighted by atomic mass is 10.1. The molecule has 3 rings (SSSR count). The number of amides is 1. The van der Waals surface area contributed by atoms with E-state index in [9.17, 15) is 9.18 Å². The Morgan fingerprint density at radius 1 is 1.17 bits per heavy atom. The molecule has 2 aromatic carbocycles. The first-order chi connectivity index (χ1) is 11.6. The van der Waals surface area contributed by atoms with Crippen molar-refractivity contribution < 1.29 is 9.18 Å². The largest absolute Gasteiger partial charge is 0.301 e. The topological polar surface area (TPSA) is 42.0 Å². The Kier molecular flexibility index (Phi) is 5.27. The van der Waals surface area contributed by atoms with Crippen molar-refractivity contribution in [1.29, 1.82) is 0 Å². The molecule has 0 aliphatic carbocycles. The fraction of sp³-hybridized carbons (Fsp3) is 0.111. The molecule has 6 heteroatoms. The van der Waals surface area contributed by atoms with E-state index in [1.165, 1.54) is 40.8 Å². The second-order valence-corrected chi connectivity index (χ2v) is 7.10. The third kappa shape index (κ3) is 4.43. The highest BCUT2D eigenvalue weighted by Gasteiger charge is 2.08. The van der Waals surface area contributed by atoms with E-state index >= 15 is 0 Å². The van der Waals surface area contributed by atoms with Crippen LogP contribution in [0.1, 0.15) is 5.56 Å². The summed E-state index contributed by atoms with van der Waals surface area (Å²) in [6.45, 7) is 2.04. The number of rotatable bonds is 5. The van der Waals surface area contributed by atoms with Crippen molar-refractivity contribution in [1.82, 2.24) is 4.98 Å².